The number of aryl methyl sites for hydroxylation is 1. The summed E-state index contributed by atoms with van der Waals surface area (Å²) in [6.07, 6.45) is 2.42. The van der Waals surface area contributed by atoms with Crippen LogP contribution in [0.4, 0.5) is 5.82 Å². The van der Waals surface area contributed by atoms with Gasteiger partial charge in [0.15, 0.2) is 0 Å². The van der Waals surface area contributed by atoms with Gasteiger partial charge in [-0.15, -0.1) is 0 Å². The fourth-order valence-electron chi connectivity index (χ4n) is 1.71. The van der Waals surface area contributed by atoms with Gasteiger partial charge < -0.3 is 15.2 Å². The molecule has 1 aliphatic rings. The molecular weight excluding hydrogens is 272 g/mol. The summed E-state index contributed by atoms with van der Waals surface area (Å²) in [5.41, 5.74) is 0.304. The molecule has 88 valence electrons. The van der Waals surface area contributed by atoms with E-state index in [0.29, 0.717) is 26.2 Å². The second kappa shape index (κ2) is 4.69. The van der Waals surface area contributed by atoms with Crippen LogP contribution in [-0.4, -0.2) is 35.5 Å². The molecule has 16 heavy (non-hydrogen) atoms. The molecule has 1 saturated heterocycles. The molecule has 1 aromatic heterocycles. The molecule has 2 N–H and O–H groups in total. The topological polar surface area (TPSA) is 54.4 Å². The summed E-state index contributed by atoms with van der Waals surface area (Å²) in [5, 5.41) is 13.2. The first-order valence-electron chi connectivity index (χ1n) is 5.25. The molecular formula is C11H15BrN2O2. The number of rotatable bonds is 3. The smallest absolute Gasteiger partial charge is 0.129 e. The third kappa shape index (κ3) is 2.72. The number of aliphatic hydroxyl groups is 1. The third-order valence-corrected chi connectivity index (χ3v) is 3.15. The Morgan fingerprint density at radius 2 is 2.50 bits per heavy atom. The minimum absolute atomic E-state index is 0.398. The molecule has 0 amide bonds. The Hall–Kier alpha value is -0.650. The molecule has 1 atom stereocenters. The number of anilines is 1. The molecule has 0 aromatic carbocycles. The van der Waals surface area contributed by atoms with E-state index in [4.69, 9.17) is 4.74 Å². The van der Waals surface area contributed by atoms with E-state index in [-0.39, 0.29) is 0 Å². The lowest BCUT2D eigenvalue weighted by atomic mass is 10.0. The van der Waals surface area contributed by atoms with Crippen molar-refractivity contribution in [1.29, 1.82) is 0 Å². The molecule has 1 unspecified atom stereocenters. The summed E-state index contributed by atoms with van der Waals surface area (Å²) in [5.74, 6) is 0.809. The van der Waals surface area contributed by atoms with Gasteiger partial charge in [-0.2, -0.15) is 0 Å². The van der Waals surface area contributed by atoms with Crippen molar-refractivity contribution in [3.63, 3.8) is 0 Å². The Balaban J connectivity index is 1.99. The first-order valence-corrected chi connectivity index (χ1v) is 6.04. The number of halogens is 1. The number of nitrogens with zero attached hydrogens (tertiary/aromatic N) is 1. The van der Waals surface area contributed by atoms with Crippen LogP contribution < -0.4 is 5.32 Å². The zero-order chi connectivity index (χ0) is 11.6. The van der Waals surface area contributed by atoms with Crippen molar-refractivity contribution in [3.8, 4) is 0 Å². The molecule has 0 bridgehead atoms. The third-order valence-electron chi connectivity index (χ3n) is 2.71. The molecule has 2 heterocycles. The van der Waals surface area contributed by atoms with Gasteiger partial charge in [0.1, 0.15) is 11.4 Å². The van der Waals surface area contributed by atoms with Crippen molar-refractivity contribution in [2.75, 3.05) is 25.1 Å². The van der Waals surface area contributed by atoms with Crippen molar-refractivity contribution in [2.24, 2.45) is 0 Å². The number of ether oxygens (including phenoxy) is 1. The van der Waals surface area contributed by atoms with E-state index in [1.165, 1.54) is 0 Å². The van der Waals surface area contributed by atoms with Gasteiger partial charge in [0, 0.05) is 30.2 Å². The van der Waals surface area contributed by atoms with Gasteiger partial charge in [0.25, 0.3) is 0 Å². The first-order chi connectivity index (χ1) is 7.59. The van der Waals surface area contributed by atoms with Crippen LogP contribution in [0.3, 0.4) is 0 Å². The molecule has 0 aliphatic carbocycles. The molecule has 0 spiro atoms. The van der Waals surface area contributed by atoms with Crippen LogP contribution in [0, 0.1) is 6.92 Å². The number of hydrogen-bond donors (Lipinski definition) is 2. The Morgan fingerprint density at radius 3 is 3.12 bits per heavy atom. The predicted molar refractivity (Wildman–Crippen MR) is 65.5 cm³/mol. The molecule has 2 rings (SSSR count). The van der Waals surface area contributed by atoms with Crippen molar-refractivity contribution < 1.29 is 9.84 Å². The van der Waals surface area contributed by atoms with Gasteiger partial charge in [-0.1, -0.05) is 0 Å². The Labute approximate surface area is 103 Å². The van der Waals surface area contributed by atoms with Gasteiger partial charge in [-0.25, -0.2) is 4.98 Å². The number of nitrogens with one attached hydrogen (secondary N) is 1. The molecule has 0 radical (unpaired) electrons. The monoisotopic (exact) mass is 286 g/mol. The molecule has 5 heteroatoms. The lowest BCUT2D eigenvalue weighted by molar-refractivity contribution is 0.0381. The second-order valence-corrected chi connectivity index (χ2v) is 5.12. The minimum Gasteiger partial charge on any atom is -0.386 e. The molecule has 1 aliphatic heterocycles. The maximum Gasteiger partial charge on any atom is 0.129 e. The van der Waals surface area contributed by atoms with Crippen LogP contribution >= 0.6 is 15.9 Å². The Morgan fingerprint density at radius 1 is 1.69 bits per heavy atom. The quantitative estimate of drug-likeness (QED) is 0.888. The van der Waals surface area contributed by atoms with Crippen LogP contribution in [0.1, 0.15) is 12.0 Å². The lowest BCUT2D eigenvalue weighted by Gasteiger charge is -2.21. The molecule has 1 fully saturated rings. The number of hydrogen-bond acceptors (Lipinski definition) is 4. The predicted octanol–water partition coefficient (Wildman–Crippen LogP) is 1.72. The van der Waals surface area contributed by atoms with Crippen molar-refractivity contribution in [1.82, 2.24) is 4.98 Å². The maximum absolute atomic E-state index is 10.1. The van der Waals surface area contributed by atoms with E-state index in [1.807, 2.05) is 13.0 Å². The van der Waals surface area contributed by atoms with Crippen LogP contribution in [0.5, 0.6) is 0 Å². The van der Waals surface area contributed by atoms with Crippen LogP contribution in [0.15, 0.2) is 16.7 Å². The van der Waals surface area contributed by atoms with Crippen LogP contribution in [-0.2, 0) is 4.74 Å². The Bertz CT molecular complexity index is 378. The summed E-state index contributed by atoms with van der Waals surface area (Å²) >= 11 is 3.36. The van der Waals surface area contributed by atoms with Crippen molar-refractivity contribution >= 4 is 21.7 Å². The fraction of sp³-hybridized carbons (Fsp3) is 0.545. The van der Waals surface area contributed by atoms with E-state index >= 15 is 0 Å². The van der Waals surface area contributed by atoms with Gasteiger partial charge in [0.2, 0.25) is 0 Å². The largest absolute Gasteiger partial charge is 0.386 e. The van der Waals surface area contributed by atoms with E-state index in [0.717, 1.165) is 15.9 Å². The van der Waals surface area contributed by atoms with Gasteiger partial charge in [-0.3, -0.25) is 0 Å². The molecule has 0 saturated carbocycles. The maximum atomic E-state index is 10.1. The van der Waals surface area contributed by atoms with Gasteiger partial charge in [0.05, 0.1) is 6.61 Å². The lowest BCUT2D eigenvalue weighted by Crippen LogP contribution is -2.37. The fourth-order valence-corrected chi connectivity index (χ4v) is 2.16. The summed E-state index contributed by atoms with van der Waals surface area (Å²) in [7, 11) is 0. The molecule has 4 nitrogen and oxygen atoms in total. The number of aromatic nitrogens is 1. The first kappa shape index (κ1) is 11.8. The van der Waals surface area contributed by atoms with E-state index in [2.05, 4.69) is 26.2 Å². The van der Waals surface area contributed by atoms with Gasteiger partial charge >= 0.3 is 0 Å². The van der Waals surface area contributed by atoms with Crippen LogP contribution in [0.2, 0.25) is 0 Å². The summed E-state index contributed by atoms with van der Waals surface area (Å²) in [6.45, 7) is 3.48. The van der Waals surface area contributed by atoms with Crippen molar-refractivity contribution in [2.45, 2.75) is 18.9 Å². The minimum atomic E-state index is -0.749. The van der Waals surface area contributed by atoms with E-state index < -0.39 is 5.60 Å². The highest BCUT2D eigenvalue weighted by Gasteiger charge is 2.32. The second-order valence-electron chi connectivity index (χ2n) is 4.20. The van der Waals surface area contributed by atoms with Gasteiger partial charge in [-0.05, 0) is 34.5 Å². The SMILES string of the molecule is Cc1cc(Br)cnc1NCC1(O)CCOC1. The normalized spacial score (nSPS) is 24.7. The summed E-state index contributed by atoms with van der Waals surface area (Å²) < 4.78 is 6.14. The van der Waals surface area contributed by atoms with E-state index in [1.54, 1.807) is 6.20 Å². The highest BCUT2D eigenvalue weighted by molar-refractivity contribution is 9.10. The standard InChI is InChI=1S/C11H15BrN2O2/c1-8-4-9(12)5-13-10(8)14-6-11(15)2-3-16-7-11/h4-5,15H,2-3,6-7H2,1H3,(H,13,14). The Kier molecular flexibility index (Phi) is 3.47. The zero-order valence-corrected chi connectivity index (χ0v) is 10.7. The highest BCUT2D eigenvalue weighted by atomic mass is 79.9. The van der Waals surface area contributed by atoms with Crippen molar-refractivity contribution in [3.05, 3.63) is 22.3 Å². The number of pyridine rings is 1. The summed E-state index contributed by atoms with van der Waals surface area (Å²) in [4.78, 5) is 4.26. The van der Waals surface area contributed by atoms with Crippen LogP contribution in [0.25, 0.3) is 0 Å². The van der Waals surface area contributed by atoms with E-state index in [9.17, 15) is 5.11 Å². The zero-order valence-electron chi connectivity index (χ0n) is 9.16. The summed E-state index contributed by atoms with van der Waals surface area (Å²) in [6, 6.07) is 1.99. The molecule has 1 aromatic rings. The average Bonchev–Trinajstić information content (AvgIpc) is 2.64. The average molecular weight is 287 g/mol. The highest BCUT2D eigenvalue weighted by Crippen LogP contribution is 2.21.